The maximum Gasteiger partial charge on any atom is 0.341 e. The van der Waals surface area contributed by atoms with Gasteiger partial charge in [-0.2, -0.15) is 5.26 Å². The first-order valence-electron chi connectivity index (χ1n) is 11.1. The first-order chi connectivity index (χ1) is 17.0. The molecule has 1 N–H and O–H groups in total. The number of rotatable bonds is 10. The second-order valence-electron chi connectivity index (χ2n) is 7.34. The Morgan fingerprint density at radius 1 is 1.06 bits per heavy atom. The summed E-state index contributed by atoms with van der Waals surface area (Å²) in [5, 5.41) is 14.4. The lowest BCUT2D eigenvalue weighted by Crippen LogP contribution is -2.16. The number of nitriles is 1. The van der Waals surface area contributed by atoms with Crippen LogP contribution in [0.3, 0.4) is 0 Å². The fourth-order valence-corrected chi connectivity index (χ4v) is 4.16. The van der Waals surface area contributed by atoms with Crippen molar-refractivity contribution in [1.82, 2.24) is 0 Å². The van der Waals surface area contributed by atoms with Crippen LogP contribution >= 0.6 is 11.3 Å². The number of nitrogens with one attached hydrogen (secondary N) is 1. The molecule has 1 heterocycles. The summed E-state index contributed by atoms with van der Waals surface area (Å²) in [6, 6.07) is 16.3. The number of ether oxygens (including phenoxy) is 3. The van der Waals surface area contributed by atoms with Crippen molar-refractivity contribution in [3.8, 4) is 28.7 Å². The molecule has 0 bridgehead atoms. The van der Waals surface area contributed by atoms with E-state index in [1.807, 2.05) is 25.1 Å². The van der Waals surface area contributed by atoms with Gasteiger partial charge in [0.05, 0.1) is 20.3 Å². The number of esters is 1. The normalized spacial score (nSPS) is 10.9. The average Bonchev–Trinajstić information content (AvgIpc) is 3.30. The molecule has 0 fully saturated rings. The number of carbonyl (C=O) groups excluding carboxylic acids is 2. The van der Waals surface area contributed by atoms with Crippen LogP contribution in [0.5, 0.6) is 11.5 Å². The van der Waals surface area contributed by atoms with Gasteiger partial charge < -0.3 is 19.5 Å². The molecule has 1 amide bonds. The third kappa shape index (κ3) is 6.49. The van der Waals surface area contributed by atoms with Crippen molar-refractivity contribution in [2.45, 2.75) is 20.3 Å². The van der Waals surface area contributed by atoms with Gasteiger partial charge in [-0.3, -0.25) is 4.79 Å². The van der Waals surface area contributed by atoms with Gasteiger partial charge in [0, 0.05) is 10.9 Å². The summed E-state index contributed by atoms with van der Waals surface area (Å²) >= 11 is 1.19. The molecule has 3 aromatic rings. The first-order valence-corrected chi connectivity index (χ1v) is 12.0. The Morgan fingerprint density at radius 3 is 2.34 bits per heavy atom. The van der Waals surface area contributed by atoms with E-state index in [2.05, 4.69) is 5.32 Å². The van der Waals surface area contributed by atoms with Crippen LogP contribution in [0.2, 0.25) is 0 Å². The quantitative estimate of drug-likeness (QED) is 0.215. The van der Waals surface area contributed by atoms with E-state index in [4.69, 9.17) is 14.2 Å². The number of nitrogens with zero attached hydrogens (tertiary/aromatic N) is 1. The summed E-state index contributed by atoms with van der Waals surface area (Å²) < 4.78 is 16.0. The van der Waals surface area contributed by atoms with E-state index in [1.165, 1.54) is 17.4 Å². The predicted molar refractivity (Wildman–Crippen MR) is 137 cm³/mol. The SMILES string of the molecule is CCCOc1ccc(/C=C(\C#N)C(=O)Nc2scc(-c3ccc(OC)cc3)c2C(=O)OCC)cc1. The first kappa shape index (κ1) is 25.5. The zero-order chi connectivity index (χ0) is 25.2. The maximum absolute atomic E-state index is 12.9. The second kappa shape index (κ2) is 12.4. The molecule has 0 spiro atoms. The Labute approximate surface area is 208 Å². The fourth-order valence-electron chi connectivity index (χ4n) is 3.20. The molecule has 8 heteroatoms. The molecule has 2 aromatic carbocycles. The van der Waals surface area contributed by atoms with Crippen molar-refractivity contribution < 1.29 is 23.8 Å². The summed E-state index contributed by atoms with van der Waals surface area (Å²) in [7, 11) is 1.58. The van der Waals surface area contributed by atoms with E-state index >= 15 is 0 Å². The highest BCUT2D eigenvalue weighted by atomic mass is 32.1. The molecule has 3 rings (SSSR count). The molecule has 0 radical (unpaired) electrons. The van der Waals surface area contributed by atoms with Gasteiger partial charge in [-0.25, -0.2) is 4.79 Å². The number of carbonyl (C=O) groups is 2. The molecule has 0 aliphatic rings. The summed E-state index contributed by atoms with van der Waals surface area (Å²) in [5.74, 6) is 0.229. The van der Waals surface area contributed by atoms with E-state index < -0.39 is 11.9 Å². The Bertz CT molecular complexity index is 1240. The van der Waals surface area contributed by atoms with Crippen LogP contribution in [-0.2, 0) is 9.53 Å². The number of anilines is 1. The lowest BCUT2D eigenvalue weighted by molar-refractivity contribution is -0.112. The molecule has 0 atom stereocenters. The largest absolute Gasteiger partial charge is 0.497 e. The van der Waals surface area contributed by atoms with Crippen molar-refractivity contribution in [3.63, 3.8) is 0 Å². The van der Waals surface area contributed by atoms with Gasteiger partial charge in [-0.1, -0.05) is 31.2 Å². The number of thiophene rings is 1. The third-order valence-corrected chi connectivity index (χ3v) is 5.82. The molecule has 0 saturated carbocycles. The highest BCUT2D eigenvalue weighted by Gasteiger charge is 2.24. The molecule has 0 aliphatic carbocycles. The Morgan fingerprint density at radius 2 is 1.74 bits per heavy atom. The molecule has 35 heavy (non-hydrogen) atoms. The highest BCUT2D eigenvalue weighted by Crippen LogP contribution is 2.37. The smallest absolute Gasteiger partial charge is 0.341 e. The topological polar surface area (TPSA) is 97.6 Å². The van der Waals surface area contributed by atoms with Crippen molar-refractivity contribution >= 4 is 34.3 Å². The summed E-state index contributed by atoms with van der Waals surface area (Å²) in [6.45, 7) is 4.54. The van der Waals surface area contributed by atoms with Gasteiger partial charge in [0.2, 0.25) is 0 Å². The van der Waals surface area contributed by atoms with E-state index in [0.717, 1.165) is 17.7 Å². The molecule has 7 nitrogen and oxygen atoms in total. The number of amides is 1. The highest BCUT2D eigenvalue weighted by molar-refractivity contribution is 7.15. The van der Waals surface area contributed by atoms with E-state index in [9.17, 15) is 14.9 Å². The van der Waals surface area contributed by atoms with Crippen LogP contribution in [0.15, 0.2) is 59.5 Å². The average molecular weight is 491 g/mol. The van der Waals surface area contributed by atoms with Gasteiger partial charge in [-0.15, -0.1) is 11.3 Å². The zero-order valence-corrected chi connectivity index (χ0v) is 20.6. The minimum atomic E-state index is -0.618. The van der Waals surface area contributed by atoms with E-state index in [1.54, 1.807) is 55.8 Å². The van der Waals surface area contributed by atoms with Crippen molar-refractivity contribution in [2.75, 3.05) is 25.6 Å². The van der Waals surface area contributed by atoms with E-state index in [-0.39, 0.29) is 17.7 Å². The van der Waals surface area contributed by atoms with Crippen molar-refractivity contribution in [2.24, 2.45) is 0 Å². The lowest BCUT2D eigenvalue weighted by Gasteiger charge is -2.09. The van der Waals surface area contributed by atoms with Crippen molar-refractivity contribution in [3.05, 3.63) is 70.6 Å². The predicted octanol–water partition coefficient (Wildman–Crippen LogP) is 5.93. The second-order valence-corrected chi connectivity index (χ2v) is 8.22. The van der Waals surface area contributed by atoms with Crippen LogP contribution in [0.25, 0.3) is 17.2 Å². The lowest BCUT2D eigenvalue weighted by atomic mass is 10.0. The standard InChI is InChI=1S/C27H26N2O5S/c1-4-14-34-22-10-6-18(7-11-22)15-20(16-28)25(30)29-26-24(27(31)33-5-2)23(17-35-26)19-8-12-21(32-3)13-9-19/h6-13,15,17H,4-5,14H2,1-3H3,(H,29,30)/b20-15+. The molecule has 0 unspecified atom stereocenters. The minimum absolute atomic E-state index is 0.0959. The van der Waals surface area contributed by atoms with Gasteiger partial charge in [0.15, 0.2) is 0 Å². The van der Waals surface area contributed by atoms with Crippen molar-refractivity contribution in [1.29, 1.82) is 5.26 Å². The number of methoxy groups -OCH3 is 1. The van der Waals surface area contributed by atoms with Crippen LogP contribution in [0.1, 0.15) is 36.2 Å². The fraction of sp³-hybridized carbons (Fsp3) is 0.222. The molecule has 0 saturated heterocycles. The Kier molecular flexibility index (Phi) is 9.04. The summed E-state index contributed by atoms with van der Waals surface area (Å²) in [4.78, 5) is 25.7. The van der Waals surface area contributed by atoms with Crippen LogP contribution in [0.4, 0.5) is 5.00 Å². The summed E-state index contributed by atoms with van der Waals surface area (Å²) in [5.41, 5.74) is 2.21. The molecule has 180 valence electrons. The van der Waals surface area contributed by atoms with Gasteiger partial charge in [-0.05, 0) is 54.8 Å². The van der Waals surface area contributed by atoms with E-state index in [0.29, 0.717) is 28.5 Å². The zero-order valence-electron chi connectivity index (χ0n) is 19.8. The third-order valence-electron chi connectivity index (χ3n) is 4.93. The van der Waals surface area contributed by atoms with Crippen LogP contribution in [0, 0.1) is 11.3 Å². The molecular formula is C27H26N2O5S. The van der Waals surface area contributed by atoms with Gasteiger partial charge >= 0.3 is 5.97 Å². The summed E-state index contributed by atoms with van der Waals surface area (Å²) in [6.07, 6.45) is 2.39. The number of hydrogen-bond donors (Lipinski definition) is 1. The number of hydrogen-bond acceptors (Lipinski definition) is 7. The molecule has 0 aliphatic heterocycles. The molecule has 1 aromatic heterocycles. The monoisotopic (exact) mass is 490 g/mol. The van der Waals surface area contributed by atoms with Gasteiger partial charge in [0.25, 0.3) is 5.91 Å². The number of benzene rings is 2. The Hall–Kier alpha value is -4.09. The molecular weight excluding hydrogens is 464 g/mol. The maximum atomic E-state index is 12.9. The van der Waals surface area contributed by atoms with Crippen LogP contribution in [-0.4, -0.2) is 32.2 Å². The Balaban J connectivity index is 1.87. The van der Waals surface area contributed by atoms with Crippen LogP contribution < -0.4 is 14.8 Å². The minimum Gasteiger partial charge on any atom is -0.497 e. The van der Waals surface area contributed by atoms with Gasteiger partial charge in [0.1, 0.15) is 33.7 Å².